The lowest BCUT2D eigenvalue weighted by atomic mass is 9.84. The second-order valence-electron chi connectivity index (χ2n) is 4.73. The highest BCUT2D eigenvalue weighted by Gasteiger charge is 2.31. The molecule has 1 heterocycles. The van der Waals surface area contributed by atoms with Gasteiger partial charge in [0.2, 0.25) is 0 Å². The summed E-state index contributed by atoms with van der Waals surface area (Å²) in [7, 11) is 0. The lowest BCUT2D eigenvalue weighted by Gasteiger charge is -2.41. The van der Waals surface area contributed by atoms with Gasteiger partial charge >= 0.3 is 0 Å². The minimum atomic E-state index is 0.396. The van der Waals surface area contributed by atoms with Crippen LogP contribution in [0.3, 0.4) is 0 Å². The SMILES string of the molecule is CCN1CCCC(CN)C1c1ccccc1Cl. The molecule has 1 aliphatic rings. The first-order chi connectivity index (χ1) is 8.27. The normalized spacial score (nSPS) is 26.1. The summed E-state index contributed by atoms with van der Waals surface area (Å²) >= 11 is 6.33. The summed E-state index contributed by atoms with van der Waals surface area (Å²) in [5, 5.41) is 0.872. The number of benzene rings is 1. The quantitative estimate of drug-likeness (QED) is 0.896. The van der Waals surface area contributed by atoms with E-state index in [1.807, 2.05) is 12.1 Å². The second kappa shape index (κ2) is 5.85. The zero-order valence-corrected chi connectivity index (χ0v) is 11.2. The van der Waals surface area contributed by atoms with E-state index in [4.69, 9.17) is 17.3 Å². The highest BCUT2D eigenvalue weighted by molar-refractivity contribution is 6.31. The number of rotatable bonds is 3. The van der Waals surface area contributed by atoms with Gasteiger partial charge in [0, 0.05) is 11.1 Å². The zero-order chi connectivity index (χ0) is 12.3. The van der Waals surface area contributed by atoms with E-state index < -0.39 is 0 Å². The first kappa shape index (κ1) is 12.9. The summed E-state index contributed by atoms with van der Waals surface area (Å²) in [4.78, 5) is 2.50. The minimum absolute atomic E-state index is 0.396. The summed E-state index contributed by atoms with van der Waals surface area (Å²) in [6.45, 7) is 5.17. The van der Waals surface area contributed by atoms with Crippen LogP contribution in [0, 0.1) is 5.92 Å². The Balaban J connectivity index is 2.33. The molecule has 17 heavy (non-hydrogen) atoms. The van der Waals surface area contributed by atoms with Gasteiger partial charge in [-0.3, -0.25) is 4.90 Å². The maximum Gasteiger partial charge on any atom is 0.0453 e. The Hall–Kier alpha value is -0.570. The second-order valence-corrected chi connectivity index (χ2v) is 5.14. The van der Waals surface area contributed by atoms with Crippen LogP contribution in [0.25, 0.3) is 0 Å². The molecule has 2 rings (SSSR count). The van der Waals surface area contributed by atoms with E-state index in [1.54, 1.807) is 0 Å². The molecule has 2 nitrogen and oxygen atoms in total. The average molecular weight is 253 g/mol. The summed E-state index contributed by atoms with van der Waals surface area (Å²) in [5.74, 6) is 0.531. The van der Waals surface area contributed by atoms with Crippen LogP contribution in [0.4, 0.5) is 0 Å². The molecule has 0 saturated carbocycles. The van der Waals surface area contributed by atoms with Crippen LogP contribution >= 0.6 is 11.6 Å². The third kappa shape index (κ3) is 2.65. The van der Waals surface area contributed by atoms with E-state index >= 15 is 0 Å². The molecule has 0 amide bonds. The first-order valence-electron chi connectivity index (χ1n) is 6.46. The predicted octanol–water partition coefficient (Wildman–Crippen LogP) is 3.07. The van der Waals surface area contributed by atoms with Crippen molar-refractivity contribution in [3.05, 3.63) is 34.9 Å². The van der Waals surface area contributed by atoms with Crippen molar-refractivity contribution in [2.24, 2.45) is 11.7 Å². The van der Waals surface area contributed by atoms with Crippen LogP contribution in [-0.4, -0.2) is 24.5 Å². The topological polar surface area (TPSA) is 29.3 Å². The van der Waals surface area contributed by atoms with Crippen LogP contribution in [-0.2, 0) is 0 Å². The first-order valence-corrected chi connectivity index (χ1v) is 6.84. The number of hydrogen-bond donors (Lipinski definition) is 1. The van der Waals surface area contributed by atoms with Gasteiger partial charge in [0.1, 0.15) is 0 Å². The van der Waals surface area contributed by atoms with Gasteiger partial charge in [-0.1, -0.05) is 36.7 Å². The molecule has 1 fully saturated rings. The molecule has 2 atom stereocenters. The third-order valence-electron chi connectivity index (χ3n) is 3.79. The molecule has 2 N–H and O–H groups in total. The molecule has 2 unspecified atom stereocenters. The standard InChI is InChI=1S/C14H21ClN2/c1-2-17-9-5-6-11(10-16)14(17)12-7-3-4-8-13(12)15/h3-4,7-8,11,14H,2,5-6,9-10,16H2,1H3. The fraction of sp³-hybridized carbons (Fsp3) is 0.571. The molecule has 0 aromatic heterocycles. The molecule has 1 aliphatic heterocycles. The molecular weight excluding hydrogens is 232 g/mol. The van der Waals surface area contributed by atoms with E-state index in [2.05, 4.69) is 24.0 Å². The van der Waals surface area contributed by atoms with Crippen molar-refractivity contribution in [1.29, 1.82) is 0 Å². The van der Waals surface area contributed by atoms with Crippen LogP contribution in [0.15, 0.2) is 24.3 Å². The Kier molecular flexibility index (Phi) is 4.43. The van der Waals surface area contributed by atoms with Crippen molar-refractivity contribution in [2.45, 2.75) is 25.8 Å². The fourth-order valence-corrected chi connectivity index (χ4v) is 3.17. The molecule has 0 aliphatic carbocycles. The Morgan fingerprint density at radius 3 is 2.82 bits per heavy atom. The number of hydrogen-bond acceptors (Lipinski definition) is 2. The highest BCUT2D eigenvalue weighted by Crippen LogP contribution is 2.38. The number of nitrogens with zero attached hydrogens (tertiary/aromatic N) is 1. The highest BCUT2D eigenvalue weighted by atomic mass is 35.5. The molecule has 1 saturated heterocycles. The van der Waals surface area contributed by atoms with Gasteiger partial charge in [-0.25, -0.2) is 0 Å². The fourth-order valence-electron chi connectivity index (χ4n) is 2.92. The van der Waals surface area contributed by atoms with Gasteiger partial charge in [-0.15, -0.1) is 0 Å². The molecular formula is C14H21ClN2. The van der Waals surface area contributed by atoms with Crippen molar-refractivity contribution in [1.82, 2.24) is 4.90 Å². The minimum Gasteiger partial charge on any atom is -0.330 e. The average Bonchev–Trinajstić information content (AvgIpc) is 2.38. The molecule has 1 aromatic carbocycles. The Labute approximate surface area is 109 Å². The molecule has 0 radical (unpaired) electrons. The van der Waals surface area contributed by atoms with Crippen molar-refractivity contribution in [3.63, 3.8) is 0 Å². The van der Waals surface area contributed by atoms with Crippen LogP contribution < -0.4 is 5.73 Å². The van der Waals surface area contributed by atoms with Crippen molar-refractivity contribution in [3.8, 4) is 0 Å². The molecule has 0 spiro atoms. The van der Waals surface area contributed by atoms with Gasteiger partial charge < -0.3 is 5.73 Å². The Bertz CT molecular complexity index is 355. The maximum absolute atomic E-state index is 6.33. The number of nitrogens with two attached hydrogens (primary N) is 1. The smallest absolute Gasteiger partial charge is 0.0453 e. The van der Waals surface area contributed by atoms with E-state index in [1.165, 1.54) is 18.4 Å². The molecule has 94 valence electrons. The van der Waals surface area contributed by atoms with Crippen molar-refractivity contribution >= 4 is 11.6 Å². The van der Waals surface area contributed by atoms with Crippen LogP contribution in [0.5, 0.6) is 0 Å². The summed E-state index contributed by atoms with van der Waals surface area (Å²) in [6.07, 6.45) is 2.46. The van der Waals surface area contributed by atoms with Crippen molar-refractivity contribution < 1.29 is 0 Å². The third-order valence-corrected chi connectivity index (χ3v) is 4.14. The van der Waals surface area contributed by atoms with Gasteiger partial charge in [0.15, 0.2) is 0 Å². The molecule has 1 aromatic rings. The Morgan fingerprint density at radius 1 is 1.41 bits per heavy atom. The maximum atomic E-state index is 6.33. The number of halogens is 1. The monoisotopic (exact) mass is 252 g/mol. The lowest BCUT2D eigenvalue weighted by molar-refractivity contribution is 0.102. The number of piperidine rings is 1. The molecule has 0 bridgehead atoms. The summed E-state index contributed by atoms with van der Waals surface area (Å²) in [6, 6.07) is 8.57. The summed E-state index contributed by atoms with van der Waals surface area (Å²) < 4.78 is 0. The lowest BCUT2D eigenvalue weighted by Crippen LogP contribution is -2.41. The Morgan fingerprint density at radius 2 is 2.18 bits per heavy atom. The van der Waals surface area contributed by atoms with E-state index in [9.17, 15) is 0 Å². The summed E-state index contributed by atoms with van der Waals surface area (Å²) in [5.41, 5.74) is 7.17. The zero-order valence-electron chi connectivity index (χ0n) is 10.4. The molecule has 3 heteroatoms. The predicted molar refractivity (Wildman–Crippen MR) is 73.2 cm³/mol. The van der Waals surface area contributed by atoms with Crippen molar-refractivity contribution in [2.75, 3.05) is 19.6 Å². The van der Waals surface area contributed by atoms with Gasteiger partial charge in [0.25, 0.3) is 0 Å². The largest absolute Gasteiger partial charge is 0.330 e. The van der Waals surface area contributed by atoms with Crippen LogP contribution in [0.1, 0.15) is 31.4 Å². The van der Waals surface area contributed by atoms with Gasteiger partial charge in [0.05, 0.1) is 0 Å². The number of likely N-dealkylation sites (tertiary alicyclic amines) is 1. The van der Waals surface area contributed by atoms with Gasteiger partial charge in [-0.05, 0) is 50.0 Å². The van der Waals surface area contributed by atoms with E-state index in [-0.39, 0.29) is 0 Å². The van der Waals surface area contributed by atoms with Gasteiger partial charge in [-0.2, -0.15) is 0 Å². The van der Waals surface area contributed by atoms with E-state index in [0.717, 1.165) is 24.7 Å². The van der Waals surface area contributed by atoms with E-state index in [0.29, 0.717) is 12.0 Å². The van der Waals surface area contributed by atoms with Crippen LogP contribution in [0.2, 0.25) is 5.02 Å².